The molecule has 82 valence electrons. The van der Waals surface area contributed by atoms with Gasteiger partial charge in [0.1, 0.15) is 5.75 Å². The van der Waals surface area contributed by atoms with Crippen molar-refractivity contribution < 1.29 is 9.53 Å². The van der Waals surface area contributed by atoms with Crippen LogP contribution in [-0.4, -0.2) is 5.97 Å². The second-order valence-corrected chi connectivity index (χ2v) is 3.97. The molecule has 0 aliphatic heterocycles. The van der Waals surface area contributed by atoms with Gasteiger partial charge in [0.2, 0.25) is 0 Å². The highest BCUT2D eigenvalue weighted by Crippen LogP contribution is 2.26. The fraction of sp³-hybridized carbons (Fsp3) is 0.167. The summed E-state index contributed by atoms with van der Waals surface area (Å²) in [5.74, 6) is 0.0121. The molecule has 1 rings (SSSR count). The average Bonchev–Trinajstić information content (AvgIpc) is 2.30. The smallest absolute Gasteiger partial charge is 0.338 e. The summed E-state index contributed by atoms with van der Waals surface area (Å²) >= 11 is 3.24. The number of esters is 1. The van der Waals surface area contributed by atoms with Gasteiger partial charge in [0.15, 0.2) is 0 Å². The molecule has 0 fully saturated rings. The van der Waals surface area contributed by atoms with E-state index in [2.05, 4.69) is 15.9 Å². The molecule has 1 aromatic rings. The minimum Gasteiger partial charge on any atom is -0.422 e. The maximum absolute atomic E-state index is 11.5. The quantitative estimate of drug-likeness (QED) is 0.475. The fourth-order valence-corrected chi connectivity index (χ4v) is 1.41. The van der Waals surface area contributed by atoms with E-state index in [-0.39, 0.29) is 0 Å². The second-order valence-electron chi connectivity index (χ2n) is 3.12. The van der Waals surface area contributed by atoms with Gasteiger partial charge in [-0.3, -0.25) is 0 Å². The van der Waals surface area contributed by atoms with Crippen LogP contribution in [0.5, 0.6) is 5.75 Å². The third-order valence-corrected chi connectivity index (χ3v) is 2.64. The fourth-order valence-electron chi connectivity index (χ4n) is 0.951. The first-order valence-corrected chi connectivity index (χ1v) is 5.42. The predicted molar refractivity (Wildman–Crippen MR) is 63.9 cm³/mol. The third kappa shape index (κ3) is 2.94. The van der Waals surface area contributed by atoms with Crippen LogP contribution in [0.3, 0.4) is 0 Å². The lowest BCUT2D eigenvalue weighted by Crippen LogP contribution is -2.09. The van der Waals surface area contributed by atoms with Crippen molar-refractivity contribution in [3.63, 3.8) is 0 Å². The molecule has 0 bridgehead atoms. The van der Waals surface area contributed by atoms with Gasteiger partial charge in [-0.25, -0.2) is 4.79 Å². The molecule has 0 unspecified atom stereocenters. The van der Waals surface area contributed by atoms with Crippen molar-refractivity contribution in [3.8, 4) is 11.8 Å². The molecule has 0 radical (unpaired) electrons. The Hall–Kier alpha value is -1.60. The highest BCUT2D eigenvalue weighted by molar-refractivity contribution is 9.10. The van der Waals surface area contributed by atoms with Gasteiger partial charge in [-0.05, 0) is 48.0 Å². The van der Waals surface area contributed by atoms with E-state index in [1.165, 1.54) is 0 Å². The number of allylic oxidation sites excluding steroid dienone is 1. The summed E-state index contributed by atoms with van der Waals surface area (Å²) in [7, 11) is 0. The molecule has 4 heteroatoms. The first kappa shape index (κ1) is 12.5. The molecule has 0 aromatic heterocycles. The van der Waals surface area contributed by atoms with E-state index in [9.17, 15) is 4.79 Å². The van der Waals surface area contributed by atoms with Gasteiger partial charge in [0.05, 0.1) is 16.1 Å². The summed E-state index contributed by atoms with van der Waals surface area (Å²) < 4.78 is 5.72. The predicted octanol–water partition coefficient (Wildman–Crippen LogP) is 3.19. The normalized spacial score (nSPS) is 10.8. The van der Waals surface area contributed by atoms with Gasteiger partial charge < -0.3 is 4.74 Å². The van der Waals surface area contributed by atoms with Crippen molar-refractivity contribution in [1.82, 2.24) is 0 Å². The Morgan fingerprint density at radius 2 is 2.25 bits per heavy atom. The minimum absolute atomic E-state index is 0.395. The van der Waals surface area contributed by atoms with Crippen molar-refractivity contribution in [2.75, 3.05) is 0 Å². The Morgan fingerprint density at radius 1 is 1.56 bits per heavy atom. The topological polar surface area (TPSA) is 50.1 Å². The molecule has 0 amide bonds. The molecule has 0 spiro atoms. The zero-order valence-corrected chi connectivity index (χ0v) is 10.5. The van der Waals surface area contributed by atoms with E-state index in [0.717, 1.165) is 0 Å². The molecule has 0 saturated carbocycles. The molecule has 1 aromatic carbocycles. The van der Waals surface area contributed by atoms with Crippen LogP contribution in [0, 0.1) is 11.3 Å². The van der Waals surface area contributed by atoms with Crippen LogP contribution in [0.25, 0.3) is 0 Å². The average molecular weight is 280 g/mol. The summed E-state index contributed by atoms with van der Waals surface area (Å²) in [6, 6.07) is 6.79. The van der Waals surface area contributed by atoms with E-state index in [1.54, 1.807) is 38.1 Å². The highest BCUT2D eigenvalue weighted by Gasteiger charge is 2.09. The maximum atomic E-state index is 11.5. The summed E-state index contributed by atoms with van der Waals surface area (Å²) in [6.07, 6.45) is 1.68. The first-order chi connectivity index (χ1) is 7.58. The molecule has 0 aliphatic rings. The lowest BCUT2D eigenvalue weighted by molar-refractivity contribution is -0.130. The van der Waals surface area contributed by atoms with Gasteiger partial charge in [0, 0.05) is 5.57 Å². The number of hydrogen-bond donors (Lipinski definition) is 0. The molecule has 0 heterocycles. The summed E-state index contributed by atoms with van der Waals surface area (Å²) in [5.41, 5.74) is 1.05. The number of hydrogen-bond acceptors (Lipinski definition) is 3. The molecule has 0 aliphatic carbocycles. The van der Waals surface area contributed by atoms with Crippen LogP contribution in [0.4, 0.5) is 0 Å². The Kier molecular flexibility index (Phi) is 4.27. The maximum Gasteiger partial charge on any atom is 0.338 e. The van der Waals surface area contributed by atoms with Gasteiger partial charge in [-0.1, -0.05) is 6.08 Å². The Labute approximate surface area is 102 Å². The van der Waals surface area contributed by atoms with Gasteiger partial charge >= 0.3 is 5.97 Å². The standard InChI is InChI=1S/C12H10BrNO2/c1-3-8(2)12(15)16-11-5-4-9(7-14)6-10(11)13/h3-6H,1-2H3/b8-3+. The number of carbonyl (C=O) groups is 1. The molecule has 0 saturated heterocycles. The zero-order chi connectivity index (χ0) is 12.1. The SMILES string of the molecule is C/C=C(\C)C(=O)Oc1ccc(C#N)cc1Br. The number of rotatable bonds is 2. The number of nitrogens with zero attached hydrogens (tertiary/aromatic N) is 1. The summed E-state index contributed by atoms with van der Waals surface area (Å²) in [6.45, 7) is 3.45. The number of ether oxygens (including phenoxy) is 1. The van der Waals surface area contributed by atoms with Crippen molar-refractivity contribution in [1.29, 1.82) is 5.26 Å². The van der Waals surface area contributed by atoms with Gasteiger partial charge in [-0.15, -0.1) is 0 Å². The van der Waals surface area contributed by atoms with Crippen LogP contribution >= 0.6 is 15.9 Å². The molecular weight excluding hydrogens is 270 g/mol. The molecule has 3 nitrogen and oxygen atoms in total. The third-order valence-electron chi connectivity index (χ3n) is 2.02. The van der Waals surface area contributed by atoms with Crippen molar-refractivity contribution >= 4 is 21.9 Å². The summed E-state index contributed by atoms with van der Waals surface area (Å²) in [5, 5.41) is 8.67. The van der Waals surface area contributed by atoms with Gasteiger partial charge in [0.25, 0.3) is 0 Å². The van der Waals surface area contributed by atoms with E-state index < -0.39 is 5.97 Å². The van der Waals surface area contributed by atoms with Crippen molar-refractivity contribution in [2.45, 2.75) is 13.8 Å². The molecule has 0 atom stereocenters. The van der Waals surface area contributed by atoms with E-state index in [4.69, 9.17) is 10.00 Å². The second kappa shape index (κ2) is 5.47. The lowest BCUT2D eigenvalue weighted by Gasteiger charge is -2.06. The van der Waals surface area contributed by atoms with Crippen LogP contribution in [0.1, 0.15) is 19.4 Å². The molecule has 0 N–H and O–H groups in total. The van der Waals surface area contributed by atoms with Gasteiger partial charge in [-0.2, -0.15) is 5.26 Å². The van der Waals surface area contributed by atoms with Crippen molar-refractivity contribution in [2.24, 2.45) is 0 Å². The highest BCUT2D eigenvalue weighted by atomic mass is 79.9. The van der Waals surface area contributed by atoms with E-state index >= 15 is 0 Å². The van der Waals surface area contributed by atoms with Crippen LogP contribution < -0.4 is 4.74 Å². The zero-order valence-electron chi connectivity index (χ0n) is 8.95. The van der Waals surface area contributed by atoms with E-state index in [1.807, 2.05) is 6.07 Å². The Balaban J connectivity index is 2.92. The number of halogens is 1. The van der Waals surface area contributed by atoms with Crippen LogP contribution in [0.15, 0.2) is 34.3 Å². The molecule has 16 heavy (non-hydrogen) atoms. The van der Waals surface area contributed by atoms with Crippen LogP contribution in [0.2, 0.25) is 0 Å². The minimum atomic E-state index is -0.395. The number of nitriles is 1. The Morgan fingerprint density at radius 3 is 2.75 bits per heavy atom. The first-order valence-electron chi connectivity index (χ1n) is 4.63. The Bertz CT molecular complexity index is 486. The number of benzene rings is 1. The van der Waals surface area contributed by atoms with Crippen LogP contribution in [-0.2, 0) is 4.79 Å². The van der Waals surface area contributed by atoms with E-state index in [0.29, 0.717) is 21.4 Å². The number of carbonyl (C=O) groups excluding carboxylic acids is 1. The molecular formula is C12H10BrNO2. The lowest BCUT2D eigenvalue weighted by atomic mass is 10.2. The summed E-state index contributed by atoms with van der Waals surface area (Å²) in [4.78, 5) is 11.5. The monoisotopic (exact) mass is 279 g/mol. The largest absolute Gasteiger partial charge is 0.422 e. The van der Waals surface area contributed by atoms with Crippen molar-refractivity contribution in [3.05, 3.63) is 39.9 Å².